The summed E-state index contributed by atoms with van der Waals surface area (Å²) in [6, 6.07) is 8.17. The van der Waals surface area contributed by atoms with E-state index in [4.69, 9.17) is 4.74 Å². The summed E-state index contributed by atoms with van der Waals surface area (Å²) in [5, 5.41) is 3.47. The van der Waals surface area contributed by atoms with Crippen molar-refractivity contribution in [2.45, 2.75) is 57.2 Å². The van der Waals surface area contributed by atoms with E-state index in [1.165, 1.54) is 5.56 Å². The smallest absolute Gasteiger partial charge is 0.309 e. The maximum absolute atomic E-state index is 13.1. The van der Waals surface area contributed by atoms with Crippen LogP contribution in [0.25, 0.3) is 6.08 Å². The van der Waals surface area contributed by atoms with Gasteiger partial charge in [-0.3, -0.25) is 14.4 Å². The number of hydrogen-bond acceptors (Lipinski definition) is 5. The minimum atomic E-state index is -0.142. The summed E-state index contributed by atoms with van der Waals surface area (Å²) in [7, 11) is 0. The summed E-state index contributed by atoms with van der Waals surface area (Å²) in [6.07, 6.45) is 5.76. The molecule has 1 aromatic carbocycles. The fraction of sp³-hybridized carbons (Fsp3) is 0.560. The number of fused-ring (bicyclic) bond motifs is 1. The van der Waals surface area contributed by atoms with Gasteiger partial charge >= 0.3 is 5.97 Å². The average Bonchev–Trinajstić information content (AvgIpc) is 2.79. The van der Waals surface area contributed by atoms with Crippen molar-refractivity contribution in [2.75, 3.05) is 19.7 Å². The molecular weight excluding hydrogens is 424 g/mol. The molecule has 1 aromatic rings. The van der Waals surface area contributed by atoms with Crippen LogP contribution in [-0.2, 0) is 19.1 Å². The van der Waals surface area contributed by atoms with Gasteiger partial charge in [-0.15, -0.1) is 11.8 Å². The highest BCUT2D eigenvalue weighted by Gasteiger charge is 2.41. The SMILES string of the molecule is CCOC(=O)C1CCN(C(=O)C2CCC3S/C(=C/c4cccc(C)c4)C(=O)NC3C2)CC1. The lowest BCUT2D eigenvalue weighted by atomic mass is 9.83. The van der Waals surface area contributed by atoms with Crippen LogP contribution in [0.15, 0.2) is 29.2 Å². The number of carbonyl (C=O) groups excluding carboxylic acids is 3. The van der Waals surface area contributed by atoms with Crippen LogP contribution in [-0.4, -0.2) is 53.7 Å². The second-order valence-corrected chi connectivity index (χ2v) is 10.3. The number of carbonyl (C=O) groups is 3. The normalized spacial score (nSPS) is 27.6. The molecule has 3 atom stereocenters. The van der Waals surface area contributed by atoms with E-state index in [9.17, 15) is 14.4 Å². The van der Waals surface area contributed by atoms with Crippen LogP contribution in [0.3, 0.4) is 0 Å². The number of benzene rings is 1. The molecule has 3 unspecified atom stereocenters. The molecule has 4 rings (SSSR count). The Labute approximate surface area is 194 Å². The van der Waals surface area contributed by atoms with Gasteiger partial charge in [-0.2, -0.15) is 0 Å². The lowest BCUT2D eigenvalue weighted by Gasteiger charge is -2.41. The van der Waals surface area contributed by atoms with Crippen molar-refractivity contribution in [2.24, 2.45) is 11.8 Å². The molecule has 32 heavy (non-hydrogen) atoms. The quantitative estimate of drug-likeness (QED) is 0.554. The number of likely N-dealkylation sites (tertiary alicyclic amines) is 1. The first-order valence-corrected chi connectivity index (χ1v) is 12.5. The molecule has 2 amide bonds. The molecule has 7 heteroatoms. The first kappa shape index (κ1) is 22.9. The Bertz CT molecular complexity index is 907. The molecule has 1 N–H and O–H groups in total. The van der Waals surface area contributed by atoms with Crippen LogP contribution in [0.2, 0.25) is 0 Å². The maximum atomic E-state index is 13.1. The molecule has 3 fully saturated rings. The highest BCUT2D eigenvalue weighted by atomic mass is 32.2. The number of nitrogens with zero attached hydrogens (tertiary/aromatic N) is 1. The van der Waals surface area contributed by atoms with E-state index in [-0.39, 0.29) is 35.7 Å². The highest BCUT2D eigenvalue weighted by molar-refractivity contribution is 8.04. The van der Waals surface area contributed by atoms with Gasteiger partial charge in [0.25, 0.3) is 5.91 Å². The van der Waals surface area contributed by atoms with Crippen LogP contribution < -0.4 is 5.32 Å². The van der Waals surface area contributed by atoms with Gasteiger partial charge in [-0.1, -0.05) is 29.8 Å². The largest absolute Gasteiger partial charge is 0.466 e. The van der Waals surface area contributed by atoms with Crippen LogP contribution in [0.5, 0.6) is 0 Å². The zero-order chi connectivity index (χ0) is 22.7. The van der Waals surface area contributed by atoms with Crippen LogP contribution >= 0.6 is 11.8 Å². The van der Waals surface area contributed by atoms with E-state index in [0.717, 1.165) is 23.3 Å². The van der Waals surface area contributed by atoms with Crippen molar-refractivity contribution in [3.63, 3.8) is 0 Å². The molecule has 3 aliphatic rings. The lowest BCUT2D eigenvalue weighted by molar-refractivity contribution is -0.152. The van der Waals surface area contributed by atoms with Crippen molar-refractivity contribution in [1.82, 2.24) is 10.2 Å². The zero-order valence-corrected chi connectivity index (χ0v) is 19.7. The molecule has 0 spiro atoms. The van der Waals surface area contributed by atoms with Crippen LogP contribution in [0.1, 0.15) is 50.2 Å². The monoisotopic (exact) mass is 456 g/mol. The fourth-order valence-electron chi connectivity index (χ4n) is 4.98. The number of aryl methyl sites for hydroxylation is 1. The Morgan fingerprint density at radius 3 is 2.69 bits per heavy atom. The van der Waals surface area contributed by atoms with Gasteiger partial charge in [-0.25, -0.2) is 0 Å². The van der Waals surface area contributed by atoms with E-state index in [1.54, 1.807) is 11.8 Å². The second-order valence-electron chi connectivity index (χ2n) is 9.02. The summed E-state index contributed by atoms with van der Waals surface area (Å²) >= 11 is 1.65. The third-order valence-corrected chi connectivity index (χ3v) is 8.15. The highest BCUT2D eigenvalue weighted by Crippen LogP contribution is 2.40. The van der Waals surface area contributed by atoms with Crippen molar-refractivity contribution in [3.05, 3.63) is 40.3 Å². The Morgan fingerprint density at radius 1 is 1.19 bits per heavy atom. The predicted molar refractivity (Wildman–Crippen MR) is 126 cm³/mol. The molecular formula is C25H32N2O4S. The molecule has 0 bridgehead atoms. The molecule has 2 heterocycles. The Kier molecular flexibility index (Phi) is 7.23. The fourth-order valence-corrected chi connectivity index (χ4v) is 6.27. The molecule has 0 aromatic heterocycles. The Balaban J connectivity index is 1.32. The van der Waals surface area contributed by atoms with Crippen molar-refractivity contribution in [3.8, 4) is 0 Å². The van der Waals surface area contributed by atoms with Gasteiger partial charge in [0.2, 0.25) is 5.91 Å². The molecule has 2 saturated heterocycles. The van der Waals surface area contributed by atoms with Crippen LogP contribution in [0.4, 0.5) is 0 Å². The third-order valence-electron chi connectivity index (χ3n) is 6.72. The third kappa shape index (κ3) is 5.20. The minimum Gasteiger partial charge on any atom is -0.466 e. The summed E-state index contributed by atoms with van der Waals surface area (Å²) in [6.45, 7) is 5.48. The number of ether oxygens (including phenoxy) is 1. The van der Waals surface area contributed by atoms with Gasteiger partial charge in [-0.05, 0) is 57.6 Å². The summed E-state index contributed by atoms with van der Waals surface area (Å²) in [5.41, 5.74) is 2.21. The van der Waals surface area contributed by atoms with Crippen LogP contribution in [0, 0.1) is 18.8 Å². The molecule has 172 valence electrons. The topological polar surface area (TPSA) is 75.7 Å². The second kappa shape index (κ2) is 10.1. The molecule has 6 nitrogen and oxygen atoms in total. The standard InChI is InChI=1S/C25H32N2O4S/c1-3-31-25(30)18-9-11-27(12-10-18)24(29)19-7-8-21-20(15-19)26-23(28)22(32-21)14-17-6-4-5-16(2)13-17/h4-6,13-14,18-21H,3,7-12,15H2,1-2H3,(H,26,28)/b22-14+. The molecule has 2 aliphatic heterocycles. The Morgan fingerprint density at radius 2 is 1.97 bits per heavy atom. The Hall–Kier alpha value is -2.28. The summed E-state index contributed by atoms with van der Waals surface area (Å²) in [5.74, 6) is -0.162. The minimum absolute atomic E-state index is 0.0296. The average molecular weight is 457 g/mol. The molecule has 0 radical (unpaired) electrons. The molecule has 1 saturated carbocycles. The first-order valence-electron chi connectivity index (χ1n) is 11.7. The first-order chi connectivity index (χ1) is 15.4. The van der Waals surface area contributed by atoms with Gasteiger partial charge in [0, 0.05) is 30.3 Å². The van der Waals surface area contributed by atoms with E-state index >= 15 is 0 Å². The van der Waals surface area contributed by atoms with Gasteiger partial charge in [0.1, 0.15) is 0 Å². The van der Waals surface area contributed by atoms with Crippen molar-refractivity contribution < 1.29 is 19.1 Å². The van der Waals surface area contributed by atoms with E-state index in [1.807, 2.05) is 43.0 Å². The van der Waals surface area contributed by atoms with Gasteiger partial charge < -0.3 is 15.0 Å². The summed E-state index contributed by atoms with van der Waals surface area (Å²) < 4.78 is 5.13. The predicted octanol–water partition coefficient (Wildman–Crippen LogP) is 3.54. The number of amides is 2. The van der Waals surface area contributed by atoms with Crippen molar-refractivity contribution >= 4 is 35.6 Å². The zero-order valence-electron chi connectivity index (χ0n) is 18.8. The number of nitrogens with one attached hydrogen (secondary N) is 1. The number of piperidine rings is 1. The van der Waals surface area contributed by atoms with E-state index in [0.29, 0.717) is 44.2 Å². The summed E-state index contributed by atoms with van der Waals surface area (Å²) in [4.78, 5) is 40.5. The number of esters is 1. The number of rotatable bonds is 4. The van der Waals surface area contributed by atoms with Gasteiger partial charge in [0.05, 0.1) is 17.4 Å². The van der Waals surface area contributed by atoms with E-state index in [2.05, 4.69) is 11.4 Å². The van der Waals surface area contributed by atoms with Gasteiger partial charge in [0.15, 0.2) is 0 Å². The number of hydrogen-bond donors (Lipinski definition) is 1. The maximum Gasteiger partial charge on any atom is 0.309 e. The number of thioether (sulfide) groups is 1. The lowest BCUT2D eigenvalue weighted by Crippen LogP contribution is -2.52. The van der Waals surface area contributed by atoms with E-state index < -0.39 is 0 Å². The molecule has 1 aliphatic carbocycles. The van der Waals surface area contributed by atoms with Crippen molar-refractivity contribution in [1.29, 1.82) is 0 Å².